The van der Waals surface area contributed by atoms with Crippen molar-refractivity contribution in [1.29, 1.82) is 0 Å². The smallest absolute Gasteiger partial charge is 0.417 e. The van der Waals surface area contributed by atoms with Crippen molar-refractivity contribution in [2.75, 3.05) is 5.43 Å². The van der Waals surface area contributed by atoms with Gasteiger partial charge in [-0.15, -0.1) is 0 Å². The van der Waals surface area contributed by atoms with Crippen LogP contribution in [0, 0.1) is 6.92 Å². The van der Waals surface area contributed by atoms with Crippen molar-refractivity contribution in [2.45, 2.75) is 13.1 Å². The van der Waals surface area contributed by atoms with Crippen LogP contribution < -0.4 is 5.43 Å². The molecule has 0 aliphatic carbocycles. The predicted octanol–water partition coefficient (Wildman–Crippen LogP) is 4.10. The third-order valence-corrected chi connectivity index (χ3v) is 2.58. The van der Waals surface area contributed by atoms with Crippen molar-refractivity contribution in [2.24, 2.45) is 5.10 Å². The van der Waals surface area contributed by atoms with E-state index >= 15 is 0 Å². The van der Waals surface area contributed by atoms with Gasteiger partial charge in [-0.3, -0.25) is 5.43 Å². The molecule has 0 bridgehead atoms. The maximum absolute atomic E-state index is 12.4. The fraction of sp³-hybridized carbons (Fsp3) is 0.167. The summed E-state index contributed by atoms with van der Waals surface area (Å²) in [6.07, 6.45) is -2.44. The van der Waals surface area contributed by atoms with Crippen LogP contribution in [0.1, 0.15) is 17.1 Å². The van der Waals surface area contributed by atoms with E-state index in [9.17, 15) is 13.2 Å². The van der Waals surface area contributed by atoms with Crippen LogP contribution in [0.25, 0.3) is 0 Å². The van der Waals surface area contributed by atoms with E-state index < -0.39 is 11.7 Å². The largest absolute Gasteiger partial charge is 0.460 e. The number of hydrogen-bond acceptors (Lipinski definition) is 4. The first-order valence-electron chi connectivity index (χ1n) is 5.44. The molecule has 106 valence electrons. The predicted molar refractivity (Wildman–Crippen MR) is 68.9 cm³/mol. The summed E-state index contributed by atoms with van der Waals surface area (Å²) in [5.41, 5.74) is 1.53. The van der Waals surface area contributed by atoms with Gasteiger partial charge in [0.2, 0.25) is 0 Å². The minimum absolute atomic E-state index is 0.0270. The van der Waals surface area contributed by atoms with Gasteiger partial charge in [-0.25, -0.2) is 4.98 Å². The Hall–Kier alpha value is -2.02. The van der Waals surface area contributed by atoms with Gasteiger partial charge in [0.05, 0.1) is 16.8 Å². The number of aryl methyl sites for hydroxylation is 1. The van der Waals surface area contributed by atoms with Crippen LogP contribution in [0.5, 0.6) is 0 Å². The monoisotopic (exact) mass is 303 g/mol. The van der Waals surface area contributed by atoms with Crippen molar-refractivity contribution in [3.8, 4) is 0 Å². The van der Waals surface area contributed by atoms with E-state index in [2.05, 4.69) is 15.5 Å². The Balaban J connectivity index is 2.09. The number of nitrogens with zero attached hydrogens (tertiary/aromatic N) is 2. The molecule has 0 unspecified atom stereocenters. The highest BCUT2D eigenvalue weighted by Crippen LogP contribution is 2.32. The molecule has 1 N–H and O–H groups in total. The molecule has 0 aromatic carbocycles. The molecular weight excluding hydrogens is 295 g/mol. The Morgan fingerprint density at radius 3 is 2.70 bits per heavy atom. The van der Waals surface area contributed by atoms with Crippen LogP contribution in [-0.2, 0) is 6.18 Å². The molecule has 8 heteroatoms. The van der Waals surface area contributed by atoms with Crippen molar-refractivity contribution in [1.82, 2.24) is 4.98 Å². The van der Waals surface area contributed by atoms with E-state index in [1.807, 2.05) is 0 Å². The van der Waals surface area contributed by atoms with E-state index in [4.69, 9.17) is 16.0 Å². The number of aromatic nitrogens is 1. The molecule has 2 rings (SSSR count). The van der Waals surface area contributed by atoms with E-state index in [0.29, 0.717) is 12.0 Å². The highest BCUT2D eigenvalue weighted by Gasteiger charge is 2.31. The van der Waals surface area contributed by atoms with Crippen LogP contribution in [-0.4, -0.2) is 11.2 Å². The zero-order valence-electron chi connectivity index (χ0n) is 10.2. The maximum atomic E-state index is 12.4. The van der Waals surface area contributed by atoms with Crippen molar-refractivity contribution in [3.05, 3.63) is 46.5 Å². The number of hydrazone groups is 1. The van der Waals surface area contributed by atoms with Gasteiger partial charge in [0.15, 0.2) is 5.82 Å². The number of furan rings is 1. The Morgan fingerprint density at radius 2 is 2.15 bits per heavy atom. The summed E-state index contributed by atoms with van der Waals surface area (Å²) < 4.78 is 42.5. The van der Waals surface area contributed by atoms with Crippen LogP contribution in [0.4, 0.5) is 19.0 Å². The molecular formula is C12H9ClF3N3O. The minimum atomic E-state index is -4.48. The summed E-state index contributed by atoms with van der Waals surface area (Å²) in [5.74, 6) is 1.24. The lowest BCUT2D eigenvalue weighted by Gasteiger charge is -2.08. The molecule has 0 radical (unpaired) electrons. The molecule has 2 heterocycles. The molecule has 0 atom stereocenters. The van der Waals surface area contributed by atoms with Gasteiger partial charge in [-0.2, -0.15) is 18.3 Å². The number of hydrogen-bond donors (Lipinski definition) is 1. The van der Waals surface area contributed by atoms with Crippen LogP contribution in [0.15, 0.2) is 33.9 Å². The molecule has 2 aromatic rings. The average molecular weight is 304 g/mol. The molecule has 0 aliphatic heterocycles. The molecule has 2 aromatic heterocycles. The second-order valence-electron chi connectivity index (χ2n) is 3.87. The summed E-state index contributed by atoms with van der Waals surface area (Å²) in [4.78, 5) is 3.57. The standard InChI is InChI=1S/C12H9ClF3N3O/c1-7-2-3-9(20-7)6-18-19-11-10(13)4-8(5-17-11)12(14,15)16/h2-6H,1H3,(H,17,19). The first-order chi connectivity index (χ1) is 9.36. The highest BCUT2D eigenvalue weighted by atomic mass is 35.5. The summed E-state index contributed by atoms with van der Waals surface area (Å²) >= 11 is 5.70. The Morgan fingerprint density at radius 1 is 1.40 bits per heavy atom. The normalized spacial score (nSPS) is 12.1. The number of halogens is 4. The minimum Gasteiger partial charge on any atom is -0.460 e. The fourth-order valence-corrected chi connectivity index (χ4v) is 1.56. The van der Waals surface area contributed by atoms with Crippen molar-refractivity contribution < 1.29 is 17.6 Å². The van der Waals surface area contributed by atoms with Gasteiger partial charge in [0.1, 0.15) is 11.5 Å². The molecule has 4 nitrogen and oxygen atoms in total. The van der Waals surface area contributed by atoms with Gasteiger partial charge in [0.25, 0.3) is 0 Å². The third kappa shape index (κ3) is 3.51. The second kappa shape index (κ2) is 5.54. The summed E-state index contributed by atoms with van der Waals surface area (Å²) in [7, 11) is 0. The molecule has 0 aliphatic rings. The fourth-order valence-electron chi connectivity index (χ4n) is 1.36. The lowest BCUT2D eigenvalue weighted by atomic mass is 10.3. The number of rotatable bonds is 3. The molecule has 0 saturated heterocycles. The lowest BCUT2D eigenvalue weighted by Crippen LogP contribution is -2.06. The number of pyridine rings is 1. The topological polar surface area (TPSA) is 50.4 Å². The summed E-state index contributed by atoms with van der Waals surface area (Å²) in [5, 5.41) is 3.61. The van der Waals surface area contributed by atoms with Crippen LogP contribution >= 0.6 is 11.6 Å². The van der Waals surface area contributed by atoms with Crippen LogP contribution in [0.3, 0.4) is 0 Å². The Labute approximate surface area is 117 Å². The van der Waals surface area contributed by atoms with E-state index in [1.165, 1.54) is 6.21 Å². The average Bonchev–Trinajstić information content (AvgIpc) is 2.76. The first-order valence-corrected chi connectivity index (χ1v) is 5.82. The zero-order chi connectivity index (χ0) is 14.8. The Bertz CT molecular complexity index is 637. The molecule has 0 spiro atoms. The SMILES string of the molecule is Cc1ccc(C=NNc2ncc(C(F)(F)F)cc2Cl)o1. The zero-order valence-corrected chi connectivity index (χ0v) is 11.0. The number of nitrogens with one attached hydrogen (secondary N) is 1. The molecule has 0 saturated carbocycles. The molecule has 0 amide bonds. The van der Waals surface area contributed by atoms with Crippen molar-refractivity contribution in [3.63, 3.8) is 0 Å². The van der Waals surface area contributed by atoms with Gasteiger partial charge >= 0.3 is 6.18 Å². The first kappa shape index (κ1) is 14.4. The lowest BCUT2D eigenvalue weighted by molar-refractivity contribution is -0.137. The highest BCUT2D eigenvalue weighted by molar-refractivity contribution is 6.32. The van der Waals surface area contributed by atoms with Gasteiger partial charge < -0.3 is 4.42 Å². The Kier molecular flexibility index (Phi) is 3.99. The molecule has 0 fully saturated rings. The van der Waals surface area contributed by atoms with Gasteiger partial charge in [-0.05, 0) is 25.1 Å². The van der Waals surface area contributed by atoms with E-state index in [1.54, 1.807) is 19.1 Å². The number of alkyl halides is 3. The number of anilines is 1. The second-order valence-corrected chi connectivity index (χ2v) is 4.28. The van der Waals surface area contributed by atoms with E-state index in [0.717, 1.165) is 11.8 Å². The summed E-state index contributed by atoms with van der Waals surface area (Å²) in [6.45, 7) is 1.78. The molecule has 20 heavy (non-hydrogen) atoms. The van der Waals surface area contributed by atoms with Gasteiger partial charge in [0, 0.05) is 6.20 Å². The summed E-state index contributed by atoms with van der Waals surface area (Å²) in [6, 6.07) is 4.23. The van der Waals surface area contributed by atoms with E-state index in [-0.39, 0.29) is 10.8 Å². The van der Waals surface area contributed by atoms with Gasteiger partial charge in [-0.1, -0.05) is 11.6 Å². The van der Waals surface area contributed by atoms with Crippen molar-refractivity contribution >= 4 is 23.6 Å². The quantitative estimate of drug-likeness (QED) is 0.686. The van der Waals surface area contributed by atoms with Crippen LogP contribution in [0.2, 0.25) is 5.02 Å². The third-order valence-electron chi connectivity index (χ3n) is 2.29. The maximum Gasteiger partial charge on any atom is 0.417 e.